The van der Waals surface area contributed by atoms with Gasteiger partial charge in [0, 0.05) is 19.4 Å². The van der Waals surface area contributed by atoms with E-state index in [1.165, 1.54) is 13.2 Å². The van der Waals surface area contributed by atoms with Gasteiger partial charge in [-0.3, -0.25) is 19.2 Å². The van der Waals surface area contributed by atoms with Gasteiger partial charge in [0.05, 0.1) is 24.2 Å². The first-order valence-electron chi connectivity index (χ1n) is 16.0. The van der Waals surface area contributed by atoms with Crippen LogP contribution in [0.2, 0.25) is 5.02 Å². The highest BCUT2D eigenvalue weighted by Gasteiger charge is 2.46. The lowest BCUT2D eigenvalue weighted by molar-refractivity contribution is -0.160. The molecule has 46 heavy (non-hydrogen) atoms. The van der Waals surface area contributed by atoms with Crippen LogP contribution in [0.1, 0.15) is 64.2 Å². The fourth-order valence-electron chi connectivity index (χ4n) is 5.82. The molecule has 1 unspecified atom stereocenters. The van der Waals surface area contributed by atoms with E-state index >= 15 is 0 Å². The molecule has 2 aromatic carbocycles. The van der Waals surface area contributed by atoms with Gasteiger partial charge in [0.25, 0.3) is 0 Å². The molecule has 2 amide bonds. The summed E-state index contributed by atoms with van der Waals surface area (Å²) in [5.74, 6) is -1.92. The molecular weight excluding hydrogens is 608 g/mol. The average molecular weight is 653 g/mol. The molecule has 10 heteroatoms. The quantitative estimate of drug-likeness (QED) is 0.289. The zero-order valence-electron chi connectivity index (χ0n) is 27.2. The number of amides is 2. The predicted molar refractivity (Wildman–Crippen MR) is 175 cm³/mol. The zero-order valence-corrected chi connectivity index (χ0v) is 27.9. The molecule has 2 aliphatic rings. The van der Waals surface area contributed by atoms with Crippen molar-refractivity contribution < 1.29 is 33.4 Å². The Labute approximate surface area is 276 Å². The Kier molecular flexibility index (Phi) is 12.4. The van der Waals surface area contributed by atoms with Crippen LogP contribution in [0.25, 0.3) is 0 Å². The molecule has 2 N–H and O–H groups in total. The normalized spacial score (nSPS) is 27.7. The molecule has 0 bridgehead atoms. The fraction of sp³-hybridized carbons (Fsp3) is 0.500. The molecule has 0 aromatic heterocycles. The van der Waals surface area contributed by atoms with Crippen LogP contribution in [0.5, 0.6) is 5.75 Å². The molecule has 248 valence electrons. The first kappa shape index (κ1) is 35.2. The number of epoxide rings is 1. The van der Waals surface area contributed by atoms with Gasteiger partial charge in [-0.2, -0.15) is 0 Å². The minimum absolute atomic E-state index is 0.0200. The number of allylic oxidation sites excluding steroid dienone is 1. The number of carbonyl (C=O) groups is 4. The van der Waals surface area contributed by atoms with Crippen molar-refractivity contribution in [3.8, 4) is 5.75 Å². The minimum Gasteiger partial charge on any atom is -0.495 e. The van der Waals surface area contributed by atoms with Gasteiger partial charge in [0.1, 0.15) is 17.9 Å². The molecule has 0 saturated carbocycles. The summed E-state index contributed by atoms with van der Waals surface area (Å²) in [5.41, 5.74) is 1.80. The highest BCUT2D eigenvalue weighted by atomic mass is 35.5. The summed E-state index contributed by atoms with van der Waals surface area (Å²) in [7, 11) is 1.51. The van der Waals surface area contributed by atoms with Crippen molar-refractivity contribution in [1.29, 1.82) is 0 Å². The monoisotopic (exact) mass is 652 g/mol. The van der Waals surface area contributed by atoms with Crippen LogP contribution >= 0.6 is 11.6 Å². The number of halogens is 1. The zero-order chi connectivity index (χ0) is 33.4. The predicted octanol–water partition coefficient (Wildman–Crippen LogP) is 5.40. The van der Waals surface area contributed by atoms with E-state index in [9.17, 15) is 19.2 Å². The van der Waals surface area contributed by atoms with Crippen LogP contribution in [0.15, 0.2) is 60.7 Å². The highest BCUT2D eigenvalue weighted by Crippen LogP contribution is 2.46. The van der Waals surface area contributed by atoms with E-state index in [0.717, 1.165) is 11.1 Å². The summed E-state index contributed by atoms with van der Waals surface area (Å²) in [4.78, 5) is 53.3. The van der Waals surface area contributed by atoms with Crippen molar-refractivity contribution in [2.24, 2.45) is 23.7 Å². The van der Waals surface area contributed by atoms with Crippen molar-refractivity contribution in [1.82, 2.24) is 10.6 Å². The number of hydrogen-bond acceptors (Lipinski definition) is 7. The van der Waals surface area contributed by atoms with E-state index in [4.69, 9.17) is 25.8 Å². The Morgan fingerprint density at radius 2 is 1.78 bits per heavy atom. The Balaban J connectivity index is 1.58. The number of nitrogens with one attached hydrogen (secondary N) is 2. The number of ether oxygens (including phenoxy) is 3. The number of Topliss-reactive ketones (excluding diaryl/α,β-unsaturated/α-hetero) is 1. The number of methoxy groups -OCH3 is 1. The number of cyclic esters (lactones) is 1. The molecule has 1 fully saturated rings. The summed E-state index contributed by atoms with van der Waals surface area (Å²) >= 11 is 6.31. The molecular formula is C36H45ClN2O7. The number of ketones is 1. The standard InChI is InChI=1S/C36H45ClN2O7/c1-21(2)16-31-29(40)19-26(23(4)33-34(46-33)25-10-7-6-8-11-25)12-9-13-32(41)39-28(35(42)38-20-22(3)36(43)45-31)18-24-14-15-30(44-5)27(37)17-24/h6-11,13-15,17,21-23,26,28,31,33-34H,12,16,18-20H2,1-5H3,(H,38,42)(H,39,41)/b13-9+/t22-,23+,26+,28?,31+,33+,34+/m1/s1. The second kappa shape index (κ2) is 16.2. The van der Waals surface area contributed by atoms with Gasteiger partial charge in [-0.1, -0.05) is 81.8 Å². The lowest BCUT2D eigenvalue weighted by Crippen LogP contribution is -2.49. The Hall–Kier alpha value is -3.69. The van der Waals surface area contributed by atoms with Crippen LogP contribution in [-0.4, -0.2) is 55.5 Å². The maximum atomic E-state index is 13.7. The highest BCUT2D eigenvalue weighted by molar-refractivity contribution is 6.32. The largest absolute Gasteiger partial charge is 0.495 e. The number of benzene rings is 2. The van der Waals surface area contributed by atoms with E-state index in [1.807, 2.05) is 44.2 Å². The Morgan fingerprint density at radius 3 is 2.46 bits per heavy atom. The van der Waals surface area contributed by atoms with Crippen LogP contribution < -0.4 is 15.4 Å². The molecule has 1 saturated heterocycles. The summed E-state index contributed by atoms with van der Waals surface area (Å²) in [6.07, 6.45) is 3.25. The lowest BCUT2D eigenvalue weighted by Gasteiger charge is -2.26. The second-order valence-corrected chi connectivity index (χ2v) is 13.2. The van der Waals surface area contributed by atoms with Crippen molar-refractivity contribution in [2.45, 2.75) is 77.7 Å². The van der Waals surface area contributed by atoms with Crippen LogP contribution in [0, 0.1) is 23.7 Å². The maximum absolute atomic E-state index is 13.7. The molecule has 2 aromatic rings. The molecule has 2 heterocycles. The van der Waals surface area contributed by atoms with Gasteiger partial charge in [-0.05, 0) is 59.9 Å². The van der Waals surface area contributed by atoms with Crippen LogP contribution in [0.4, 0.5) is 0 Å². The van der Waals surface area contributed by atoms with E-state index in [2.05, 4.69) is 17.6 Å². The topological polar surface area (TPSA) is 123 Å². The van der Waals surface area contributed by atoms with Crippen LogP contribution in [-0.2, 0) is 35.1 Å². The van der Waals surface area contributed by atoms with Crippen molar-refractivity contribution in [3.63, 3.8) is 0 Å². The lowest BCUT2D eigenvalue weighted by atomic mass is 9.81. The van der Waals surface area contributed by atoms with Crippen molar-refractivity contribution >= 4 is 35.2 Å². The van der Waals surface area contributed by atoms with E-state index in [-0.39, 0.29) is 55.1 Å². The summed E-state index contributed by atoms with van der Waals surface area (Å²) in [6.45, 7) is 7.63. The first-order valence-corrected chi connectivity index (χ1v) is 16.3. The third-order valence-electron chi connectivity index (χ3n) is 8.66. The summed E-state index contributed by atoms with van der Waals surface area (Å²) in [6, 6.07) is 14.2. The van der Waals surface area contributed by atoms with E-state index in [1.54, 1.807) is 31.2 Å². The molecule has 7 atom stereocenters. The van der Waals surface area contributed by atoms with Gasteiger partial charge >= 0.3 is 5.97 Å². The molecule has 9 nitrogen and oxygen atoms in total. The maximum Gasteiger partial charge on any atom is 0.311 e. The molecule has 0 radical (unpaired) electrons. The summed E-state index contributed by atoms with van der Waals surface area (Å²) in [5, 5.41) is 5.95. The van der Waals surface area contributed by atoms with Crippen molar-refractivity contribution in [3.05, 3.63) is 76.8 Å². The number of rotatable bonds is 8. The first-order chi connectivity index (χ1) is 22.0. The summed E-state index contributed by atoms with van der Waals surface area (Å²) < 4.78 is 17.1. The van der Waals surface area contributed by atoms with Crippen LogP contribution in [0.3, 0.4) is 0 Å². The third kappa shape index (κ3) is 9.66. The number of esters is 1. The molecule has 2 aliphatic heterocycles. The molecule has 0 aliphatic carbocycles. The third-order valence-corrected chi connectivity index (χ3v) is 8.96. The van der Waals surface area contributed by atoms with Gasteiger partial charge in [0.2, 0.25) is 11.8 Å². The van der Waals surface area contributed by atoms with Gasteiger partial charge < -0.3 is 24.8 Å². The van der Waals surface area contributed by atoms with E-state index in [0.29, 0.717) is 23.6 Å². The SMILES string of the molecule is COc1ccc(CC2NC(=O)/C=C/C[C@H]([C@H](C)[C@@H]3O[C@H]3c3ccccc3)CC(=O)[C@H](CC(C)C)OC(=O)[C@H](C)CNC2=O)cc1Cl. The average Bonchev–Trinajstić information content (AvgIpc) is 3.83. The van der Waals surface area contributed by atoms with Crippen molar-refractivity contribution in [2.75, 3.05) is 13.7 Å². The fourth-order valence-corrected chi connectivity index (χ4v) is 6.10. The minimum atomic E-state index is -0.936. The Morgan fingerprint density at radius 1 is 1.04 bits per heavy atom. The number of hydrogen-bond donors (Lipinski definition) is 2. The van der Waals surface area contributed by atoms with Gasteiger partial charge in [-0.25, -0.2) is 0 Å². The molecule has 4 rings (SSSR count). The smallest absolute Gasteiger partial charge is 0.311 e. The Bertz CT molecular complexity index is 1410. The van der Waals surface area contributed by atoms with Gasteiger partial charge in [0.15, 0.2) is 11.9 Å². The molecule has 0 spiro atoms. The second-order valence-electron chi connectivity index (χ2n) is 12.8. The van der Waals surface area contributed by atoms with Gasteiger partial charge in [-0.15, -0.1) is 0 Å². The number of carbonyl (C=O) groups excluding carboxylic acids is 4. The van der Waals surface area contributed by atoms with E-state index < -0.39 is 35.8 Å².